The molecule has 0 spiro atoms. The third-order valence-corrected chi connectivity index (χ3v) is 4.94. The van der Waals surface area contributed by atoms with Gasteiger partial charge in [-0.1, -0.05) is 28.1 Å². The molecular formula is C17H17BrN4O4. The number of carbonyl (C=O) groups excluding carboxylic acids is 1. The SMILES string of the molecule is CC(=O)N1N=C(c2c(O)n(C)c(=O)n(C)c2=O)C[C@@H]1c1ccc(Br)cc1. The molecule has 1 amide bonds. The lowest BCUT2D eigenvalue weighted by Crippen LogP contribution is -2.39. The van der Waals surface area contributed by atoms with Crippen LogP contribution in [0.4, 0.5) is 0 Å². The highest BCUT2D eigenvalue weighted by molar-refractivity contribution is 9.10. The summed E-state index contributed by atoms with van der Waals surface area (Å²) in [5, 5.41) is 15.9. The van der Waals surface area contributed by atoms with Crippen LogP contribution in [0.5, 0.6) is 5.88 Å². The van der Waals surface area contributed by atoms with Gasteiger partial charge >= 0.3 is 5.69 Å². The highest BCUT2D eigenvalue weighted by atomic mass is 79.9. The third-order valence-electron chi connectivity index (χ3n) is 4.41. The molecule has 0 saturated heterocycles. The summed E-state index contributed by atoms with van der Waals surface area (Å²) in [4.78, 5) is 36.5. The number of halogens is 1. The van der Waals surface area contributed by atoms with Crippen LogP contribution >= 0.6 is 15.9 Å². The lowest BCUT2D eigenvalue weighted by atomic mass is 9.99. The van der Waals surface area contributed by atoms with Crippen molar-refractivity contribution in [3.05, 3.63) is 60.7 Å². The zero-order chi connectivity index (χ0) is 19.2. The molecule has 1 N–H and O–H groups in total. The van der Waals surface area contributed by atoms with Crippen molar-refractivity contribution in [2.45, 2.75) is 19.4 Å². The number of rotatable bonds is 2. The Labute approximate surface area is 157 Å². The molecule has 136 valence electrons. The number of hydrogen-bond donors (Lipinski definition) is 1. The minimum Gasteiger partial charge on any atom is -0.494 e. The van der Waals surface area contributed by atoms with E-state index in [-0.39, 0.29) is 23.6 Å². The number of amides is 1. The maximum absolute atomic E-state index is 12.5. The molecule has 1 aromatic carbocycles. The van der Waals surface area contributed by atoms with Crippen molar-refractivity contribution in [3.8, 4) is 5.88 Å². The highest BCUT2D eigenvalue weighted by Crippen LogP contribution is 2.33. The summed E-state index contributed by atoms with van der Waals surface area (Å²) in [6, 6.07) is 7.05. The Balaban J connectivity index is 2.12. The maximum atomic E-state index is 12.5. The third kappa shape index (κ3) is 2.88. The van der Waals surface area contributed by atoms with Gasteiger partial charge in [0.15, 0.2) is 0 Å². The molecule has 0 bridgehead atoms. The molecule has 0 radical (unpaired) electrons. The normalized spacial score (nSPS) is 16.7. The van der Waals surface area contributed by atoms with E-state index in [1.165, 1.54) is 26.0 Å². The average molecular weight is 421 g/mol. The first-order valence-electron chi connectivity index (χ1n) is 7.84. The number of carbonyl (C=O) groups is 1. The fourth-order valence-corrected chi connectivity index (χ4v) is 3.25. The fraction of sp³-hybridized carbons (Fsp3) is 0.294. The van der Waals surface area contributed by atoms with Crippen molar-refractivity contribution in [2.24, 2.45) is 19.2 Å². The van der Waals surface area contributed by atoms with E-state index in [1.54, 1.807) is 0 Å². The second kappa shape index (κ2) is 6.56. The summed E-state index contributed by atoms with van der Waals surface area (Å²) in [6.45, 7) is 1.39. The Morgan fingerprint density at radius 3 is 2.38 bits per heavy atom. The van der Waals surface area contributed by atoms with Crippen LogP contribution in [-0.2, 0) is 18.9 Å². The molecule has 1 atom stereocenters. The van der Waals surface area contributed by atoms with Crippen LogP contribution in [0.15, 0.2) is 43.4 Å². The van der Waals surface area contributed by atoms with Gasteiger partial charge < -0.3 is 5.11 Å². The zero-order valence-corrected chi connectivity index (χ0v) is 16.0. The number of aromatic hydroxyl groups is 1. The number of nitrogens with zero attached hydrogens (tertiary/aromatic N) is 4. The van der Waals surface area contributed by atoms with Gasteiger partial charge in [0, 0.05) is 31.9 Å². The van der Waals surface area contributed by atoms with Crippen molar-refractivity contribution in [1.29, 1.82) is 0 Å². The predicted molar refractivity (Wildman–Crippen MR) is 99.1 cm³/mol. The molecule has 0 aliphatic carbocycles. The van der Waals surface area contributed by atoms with Crippen LogP contribution in [0.3, 0.4) is 0 Å². The lowest BCUT2D eigenvalue weighted by Gasteiger charge is -2.20. The van der Waals surface area contributed by atoms with Crippen LogP contribution in [-0.4, -0.2) is 30.9 Å². The number of benzene rings is 1. The van der Waals surface area contributed by atoms with Crippen LogP contribution in [0.1, 0.15) is 30.5 Å². The first-order valence-corrected chi connectivity index (χ1v) is 8.63. The van der Waals surface area contributed by atoms with Gasteiger partial charge in [0.25, 0.3) is 5.56 Å². The van der Waals surface area contributed by atoms with E-state index < -0.39 is 23.2 Å². The summed E-state index contributed by atoms with van der Waals surface area (Å²) in [5.74, 6) is -0.745. The monoisotopic (exact) mass is 420 g/mol. The smallest absolute Gasteiger partial charge is 0.333 e. The van der Waals surface area contributed by atoms with Crippen molar-refractivity contribution >= 4 is 27.5 Å². The van der Waals surface area contributed by atoms with E-state index in [0.29, 0.717) is 0 Å². The van der Waals surface area contributed by atoms with Gasteiger partial charge in [0.05, 0.1) is 11.8 Å². The van der Waals surface area contributed by atoms with Gasteiger partial charge in [-0.05, 0) is 17.7 Å². The van der Waals surface area contributed by atoms with Gasteiger partial charge in [-0.15, -0.1) is 0 Å². The molecule has 0 unspecified atom stereocenters. The van der Waals surface area contributed by atoms with Crippen LogP contribution < -0.4 is 11.2 Å². The van der Waals surface area contributed by atoms with E-state index in [9.17, 15) is 19.5 Å². The Morgan fingerprint density at radius 1 is 1.19 bits per heavy atom. The summed E-state index contributed by atoms with van der Waals surface area (Å²) >= 11 is 3.37. The molecule has 0 fully saturated rings. The van der Waals surface area contributed by atoms with Gasteiger partial charge in [-0.2, -0.15) is 5.10 Å². The summed E-state index contributed by atoms with van der Waals surface area (Å²) in [7, 11) is 2.70. The van der Waals surface area contributed by atoms with E-state index in [1.807, 2.05) is 24.3 Å². The van der Waals surface area contributed by atoms with Crippen molar-refractivity contribution in [2.75, 3.05) is 0 Å². The van der Waals surface area contributed by atoms with Crippen LogP contribution in [0, 0.1) is 0 Å². The quantitative estimate of drug-likeness (QED) is 0.790. The zero-order valence-electron chi connectivity index (χ0n) is 14.4. The topological polar surface area (TPSA) is 96.9 Å². The molecule has 1 aliphatic heterocycles. The average Bonchev–Trinajstić information content (AvgIpc) is 3.04. The van der Waals surface area contributed by atoms with Gasteiger partial charge in [0.2, 0.25) is 11.8 Å². The van der Waals surface area contributed by atoms with Crippen molar-refractivity contribution in [1.82, 2.24) is 14.1 Å². The van der Waals surface area contributed by atoms with Crippen molar-refractivity contribution in [3.63, 3.8) is 0 Å². The molecule has 8 nitrogen and oxygen atoms in total. The van der Waals surface area contributed by atoms with Crippen LogP contribution in [0.2, 0.25) is 0 Å². The molecular weight excluding hydrogens is 404 g/mol. The van der Waals surface area contributed by atoms with E-state index in [2.05, 4.69) is 21.0 Å². The fourth-order valence-electron chi connectivity index (χ4n) is 2.98. The number of hydrogen-bond acceptors (Lipinski definition) is 5. The molecule has 1 aliphatic rings. The predicted octanol–water partition coefficient (Wildman–Crippen LogP) is 1.25. The molecule has 26 heavy (non-hydrogen) atoms. The number of hydrazone groups is 1. The maximum Gasteiger partial charge on any atom is 0.333 e. The second-order valence-electron chi connectivity index (χ2n) is 6.09. The Kier molecular flexibility index (Phi) is 4.57. The molecule has 2 heterocycles. The summed E-state index contributed by atoms with van der Waals surface area (Å²) < 4.78 is 2.78. The second-order valence-corrected chi connectivity index (χ2v) is 7.00. The molecule has 1 aromatic heterocycles. The highest BCUT2D eigenvalue weighted by Gasteiger charge is 2.34. The first kappa shape index (κ1) is 18.1. The van der Waals surface area contributed by atoms with Crippen LogP contribution in [0.25, 0.3) is 0 Å². The van der Waals surface area contributed by atoms with E-state index in [0.717, 1.165) is 19.2 Å². The summed E-state index contributed by atoms with van der Waals surface area (Å²) in [6.07, 6.45) is 0.252. The standard InChI is InChI=1S/C17H17BrN4O4/c1-9(23)22-13(10-4-6-11(18)7-5-10)8-12(19-22)14-15(24)20(2)17(26)21(3)16(14)25/h4-7,13,24H,8H2,1-3H3/t13-/m1/s1. The summed E-state index contributed by atoms with van der Waals surface area (Å²) in [5.41, 5.74) is -0.238. The van der Waals surface area contributed by atoms with Gasteiger partial charge in [-0.3, -0.25) is 18.7 Å². The minimum absolute atomic E-state index is 0.0690. The minimum atomic E-state index is -0.649. The lowest BCUT2D eigenvalue weighted by molar-refractivity contribution is -0.130. The number of aromatic nitrogens is 2. The first-order chi connectivity index (χ1) is 12.2. The Hall–Kier alpha value is -2.68. The van der Waals surface area contributed by atoms with Gasteiger partial charge in [0.1, 0.15) is 5.56 Å². The molecule has 2 aromatic rings. The Bertz CT molecular complexity index is 1040. The van der Waals surface area contributed by atoms with E-state index >= 15 is 0 Å². The Morgan fingerprint density at radius 2 is 1.81 bits per heavy atom. The largest absolute Gasteiger partial charge is 0.494 e. The molecule has 9 heteroatoms. The molecule has 0 saturated carbocycles. The van der Waals surface area contributed by atoms with Gasteiger partial charge in [-0.25, -0.2) is 9.80 Å². The van der Waals surface area contributed by atoms with E-state index in [4.69, 9.17) is 0 Å². The van der Waals surface area contributed by atoms with Crippen molar-refractivity contribution < 1.29 is 9.90 Å². The molecule has 3 rings (SSSR count).